The normalized spacial score (nSPS) is 25.4. The Morgan fingerprint density at radius 3 is 2.68 bits per heavy atom. The van der Waals surface area contributed by atoms with Crippen molar-refractivity contribution in [3.8, 4) is 5.75 Å². The van der Waals surface area contributed by atoms with Crippen LogP contribution in [0.25, 0.3) is 0 Å². The van der Waals surface area contributed by atoms with Crippen LogP contribution in [0.15, 0.2) is 36.5 Å². The van der Waals surface area contributed by atoms with Crippen LogP contribution >= 0.6 is 0 Å². The van der Waals surface area contributed by atoms with Gasteiger partial charge in [-0.15, -0.1) is 0 Å². The van der Waals surface area contributed by atoms with Crippen molar-refractivity contribution in [2.75, 3.05) is 13.7 Å². The molecular weight excluding hydrogens is 240 g/mol. The number of rotatable bonds is 3. The zero-order chi connectivity index (χ0) is 13.5. The van der Waals surface area contributed by atoms with Gasteiger partial charge in [0.15, 0.2) is 0 Å². The summed E-state index contributed by atoms with van der Waals surface area (Å²) in [7, 11) is 1.67. The standard InChI is InChI=1S/C15H18N2O2/c1-11-15(8-7-14(18)16-15)10-17(11)9-12-3-5-13(19-2)6-4-12/h3-6H,1,7-10H2,2H3,(H,16,18). The van der Waals surface area contributed by atoms with Crippen LogP contribution in [0, 0.1) is 0 Å². The van der Waals surface area contributed by atoms with Gasteiger partial charge in [-0.05, 0) is 24.1 Å². The van der Waals surface area contributed by atoms with Gasteiger partial charge in [-0.2, -0.15) is 0 Å². The first-order valence-corrected chi connectivity index (χ1v) is 6.51. The largest absolute Gasteiger partial charge is 0.497 e. The van der Waals surface area contributed by atoms with Crippen LogP contribution in [0.1, 0.15) is 18.4 Å². The monoisotopic (exact) mass is 258 g/mol. The highest BCUT2D eigenvalue weighted by molar-refractivity contribution is 5.81. The van der Waals surface area contributed by atoms with Crippen molar-refractivity contribution in [1.29, 1.82) is 0 Å². The minimum Gasteiger partial charge on any atom is -0.497 e. The molecule has 2 aliphatic heterocycles. The summed E-state index contributed by atoms with van der Waals surface area (Å²) < 4.78 is 5.14. The molecule has 1 aromatic carbocycles. The number of hydrogen-bond acceptors (Lipinski definition) is 3. The molecular formula is C15H18N2O2. The van der Waals surface area contributed by atoms with Gasteiger partial charge in [0.05, 0.1) is 12.6 Å². The van der Waals surface area contributed by atoms with E-state index >= 15 is 0 Å². The van der Waals surface area contributed by atoms with Crippen LogP contribution < -0.4 is 10.1 Å². The van der Waals surface area contributed by atoms with Gasteiger partial charge in [-0.3, -0.25) is 4.79 Å². The Balaban J connectivity index is 1.63. The van der Waals surface area contributed by atoms with Crippen molar-refractivity contribution in [1.82, 2.24) is 10.2 Å². The van der Waals surface area contributed by atoms with E-state index in [1.54, 1.807) is 7.11 Å². The van der Waals surface area contributed by atoms with Gasteiger partial charge in [-0.25, -0.2) is 0 Å². The first-order valence-electron chi connectivity index (χ1n) is 6.51. The third kappa shape index (κ3) is 1.97. The number of likely N-dealkylation sites (tertiary alicyclic amines) is 1. The zero-order valence-electron chi connectivity index (χ0n) is 11.1. The molecule has 100 valence electrons. The second kappa shape index (κ2) is 4.30. The lowest BCUT2D eigenvalue weighted by Gasteiger charge is -2.51. The van der Waals surface area contributed by atoms with Gasteiger partial charge < -0.3 is 15.0 Å². The van der Waals surface area contributed by atoms with Crippen molar-refractivity contribution in [2.45, 2.75) is 24.9 Å². The van der Waals surface area contributed by atoms with Crippen LogP contribution in [0.5, 0.6) is 5.75 Å². The van der Waals surface area contributed by atoms with E-state index in [-0.39, 0.29) is 11.4 Å². The molecule has 19 heavy (non-hydrogen) atoms. The Hall–Kier alpha value is -1.97. The van der Waals surface area contributed by atoms with Crippen molar-refractivity contribution in [2.24, 2.45) is 0 Å². The smallest absolute Gasteiger partial charge is 0.220 e. The van der Waals surface area contributed by atoms with E-state index in [1.807, 2.05) is 12.1 Å². The first kappa shape index (κ1) is 12.1. The van der Waals surface area contributed by atoms with E-state index in [4.69, 9.17) is 4.74 Å². The van der Waals surface area contributed by atoms with E-state index in [2.05, 4.69) is 28.9 Å². The van der Waals surface area contributed by atoms with Crippen molar-refractivity contribution in [3.05, 3.63) is 42.1 Å². The lowest BCUT2D eigenvalue weighted by molar-refractivity contribution is -0.120. The van der Waals surface area contributed by atoms with Crippen molar-refractivity contribution in [3.63, 3.8) is 0 Å². The maximum absolute atomic E-state index is 11.3. The molecule has 4 nitrogen and oxygen atoms in total. The minimum atomic E-state index is -0.149. The topological polar surface area (TPSA) is 41.6 Å². The van der Waals surface area contributed by atoms with E-state index in [0.717, 1.165) is 31.0 Å². The third-order valence-corrected chi connectivity index (χ3v) is 4.08. The molecule has 0 radical (unpaired) electrons. The molecule has 1 atom stereocenters. The molecule has 2 fully saturated rings. The molecule has 0 saturated carbocycles. The molecule has 2 saturated heterocycles. The molecule has 0 bridgehead atoms. The minimum absolute atomic E-state index is 0.144. The molecule has 2 aliphatic rings. The highest BCUT2D eigenvalue weighted by Gasteiger charge is 2.50. The summed E-state index contributed by atoms with van der Waals surface area (Å²) in [6.45, 7) is 5.83. The number of carbonyl (C=O) groups is 1. The number of ether oxygens (including phenoxy) is 1. The van der Waals surface area contributed by atoms with Gasteiger partial charge in [0.1, 0.15) is 5.75 Å². The fourth-order valence-corrected chi connectivity index (χ4v) is 2.88. The second-order valence-corrected chi connectivity index (χ2v) is 5.28. The summed E-state index contributed by atoms with van der Waals surface area (Å²) in [5.41, 5.74) is 2.11. The van der Waals surface area contributed by atoms with Crippen LogP contribution in [-0.4, -0.2) is 30.0 Å². The van der Waals surface area contributed by atoms with Crippen molar-refractivity contribution < 1.29 is 9.53 Å². The van der Waals surface area contributed by atoms with E-state index in [0.29, 0.717) is 6.42 Å². The lowest BCUT2D eigenvalue weighted by Crippen LogP contribution is -2.64. The average Bonchev–Trinajstić information content (AvgIpc) is 2.83. The average molecular weight is 258 g/mol. The zero-order valence-corrected chi connectivity index (χ0v) is 11.1. The van der Waals surface area contributed by atoms with Crippen LogP contribution in [-0.2, 0) is 11.3 Å². The summed E-state index contributed by atoms with van der Waals surface area (Å²) >= 11 is 0. The molecule has 1 amide bonds. The van der Waals surface area contributed by atoms with Gasteiger partial charge in [-0.1, -0.05) is 18.7 Å². The molecule has 0 aliphatic carbocycles. The maximum atomic E-state index is 11.3. The SMILES string of the molecule is C=C1N(Cc2ccc(OC)cc2)CC12CCC(=O)N2. The number of methoxy groups -OCH3 is 1. The Kier molecular flexibility index (Phi) is 2.73. The number of carbonyl (C=O) groups excluding carboxylic acids is 1. The van der Waals surface area contributed by atoms with E-state index < -0.39 is 0 Å². The predicted molar refractivity (Wildman–Crippen MR) is 72.7 cm³/mol. The first-order chi connectivity index (χ1) is 9.13. The highest BCUT2D eigenvalue weighted by Crippen LogP contribution is 2.40. The fourth-order valence-electron chi connectivity index (χ4n) is 2.88. The molecule has 3 rings (SSSR count). The molecule has 2 heterocycles. The van der Waals surface area contributed by atoms with Gasteiger partial charge in [0, 0.05) is 25.2 Å². The fraction of sp³-hybridized carbons (Fsp3) is 0.400. The summed E-state index contributed by atoms with van der Waals surface area (Å²) in [6, 6.07) is 8.05. The van der Waals surface area contributed by atoms with Crippen LogP contribution in [0.4, 0.5) is 0 Å². The Morgan fingerprint density at radius 2 is 2.16 bits per heavy atom. The second-order valence-electron chi connectivity index (χ2n) is 5.28. The Bertz CT molecular complexity index is 523. The van der Waals surface area contributed by atoms with Gasteiger partial charge in [0.25, 0.3) is 0 Å². The quantitative estimate of drug-likeness (QED) is 0.896. The third-order valence-electron chi connectivity index (χ3n) is 4.08. The summed E-state index contributed by atoms with van der Waals surface area (Å²) in [4.78, 5) is 13.6. The highest BCUT2D eigenvalue weighted by atomic mass is 16.5. The molecule has 1 N–H and O–H groups in total. The number of nitrogens with zero attached hydrogens (tertiary/aromatic N) is 1. The molecule has 1 aromatic rings. The number of amides is 1. The lowest BCUT2D eigenvalue weighted by atomic mass is 9.84. The summed E-state index contributed by atoms with van der Waals surface area (Å²) in [6.07, 6.45) is 1.50. The summed E-state index contributed by atoms with van der Waals surface area (Å²) in [5, 5.41) is 3.05. The predicted octanol–water partition coefficient (Wildman–Crippen LogP) is 1.67. The number of nitrogens with one attached hydrogen (secondary N) is 1. The Morgan fingerprint density at radius 1 is 1.42 bits per heavy atom. The molecule has 0 aromatic heterocycles. The summed E-state index contributed by atoms with van der Waals surface area (Å²) in [5.74, 6) is 1.01. The maximum Gasteiger partial charge on any atom is 0.220 e. The van der Waals surface area contributed by atoms with Crippen LogP contribution in [0.2, 0.25) is 0 Å². The number of benzene rings is 1. The van der Waals surface area contributed by atoms with Gasteiger partial charge in [0.2, 0.25) is 5.91 Å². The van der Waals surface area contributed by atoms with E-state index in [1.165, 1.54) is 5.56 Å². The number of hydrogen-bond donors (Lipinski definition) is 1. The molecule has 4 heteroatoms. The Labute approximate surface area is 113 Å². The van der Waals surface area contributed by atoms with E-state index in [9.17, 15) is 4.79 Å². The van der Waals surface area contributed by atoms with Gasteiger partial charge >= 0.3 is 0 Å². The van der Waals surface area contributed by atoms with Crippen molar-refractivity contribution >= 4 is 5.91 Å². The molecule has 1 spiro atoms. The van der Waals surface area contributed by atoms with Crippen LogP contribution in [0.3, 0.4) is 0 Å². The molecule has 1 unspecified atom stereocenters.